The Kier molecular flexibility index (Phi) is 6.12. The maximum absolute atomic E-state index is 5.32. The number of benzene rings is 6. The van der Waals surface area contributed by atoms with Gasteiger partial charge in [0, 0.05) is 31.8 Å². The Labute approximate surface area is 270 Å². The number of rotatable bonds is 4. The summed E-state index contributed by atoms with van der Waals surface area (Å²) in [7, 11) is 0. The highest BCUT2D eigenvalue weighted by molar-refractivity contribution is 7.27. The summed E-state index contributed by atoms with van der Waals surface area (Å²) in [5.74, 6) is 0.672. The van der Waals surface area contributed by atoms with Crippen molar-refractivity contribution >= 4 is 80.4 Å². The lowest BCUT2D eigenvalue weighted by Crippen LogP contribution is -2.05. The molecule has 0 fully saturated rings. The average molecular weight is 608 g/mol. The van der Waals surface area contributed by atoms with Gasteiger partial charge in [-0.3, -0.25) is 4.57 Å². The van der Waals surface area contributed by atoms with E-state index in [1.165, 1.54) is 52.5 Å². The molecule has 3 aromatic heterocycles. The summed E-state index contributed by atoms with van der Waals surface area (Å²) in [4.78, 5) is 10.6. The van der Waals surface area contributed by atoms with Crippen molar-refractivity contribution in [3.63, 3.8) is 0 Å². The SMILES string of the molecule is C/C=C\C(=C/C)c1cc(-c2ccccc2)nc(-n2c3ccccc3c3c4ccccc4c4c(sc5ccc6ccccc6c54)c32)n1. The number of hydrogen-bond donors (Lipinski definition) is 0. The topological polar surface area (TPSA) is 30.7 Å². The Morgan fingerprint density at radius 2 is 1.35 bits per heavy atom. The van der Waals surface area contributed by atoms with E-state index in [1.54, 1.807) is 0 Å². The van der Waals surface area contributed by atoms with Crippen LogP contribution in [0, 0.1) is 0 Å². The third-order valence-electron chi connectivity index (χ3n) is 9.07. The zero-order valence-corrected chi connectivity index (χ0v) is 26.3. The lowest BCUT2D eigenvalue weighted by molar-refractivity contribution is 0.986. The molecule has 0 amide bonds. The third kappa shape index (κ3) is 3.90. The van der Waals surface area contributed by atoms with E-state index in [1.807, 2.05) is 24.3 Å². The first-order chi connectivity index (χ1) is 22.7. The van der Waals surface area contributed by atoms with Gasteiger partial charge in [0.2, 0.25) is 5.95 Å². The fourth-order valence-corrected chi connectivity index (χ4v) is 8.37. The molecule has 3 heterocycles. The van der Waals surface area contributed by atoms with Crippen molar-refractivity contribution in [2.45, 2.75) is 13.8 Å². The van der Waals surface area contributed by atoms with Gasteiger partial charge in [-0.25, -0.2) is 9.97 Å². The van der Waals surface area contributed by atoms with Gasteiger partial charge in [-0.15, -0.1) is 11.3 Å². The average Bonchev–Trinajstić information content (AvgIpc) is 3.68. The van der Waals surface area contributed by atoms with E-state index in [4.69, 9.17) is 9.97 Å². The highest BCUT2D eigenvalue weighted by atomic mass is 32.1. The monoisotopic (exact) mass is 607 g/mol. The van der Waals surface area contributed by atoms with Gasteiger partial charge in [0.15, 0.2) is 0 Å². The first-order valence-electron chi connectivity index (χ1n) is 15.7. The number of aromatic nitrogens is 3. The molecule has 0 saturated heterocycles. The molecule has 46 heavy (non-hydrogen) atoms. The molecule has 0 N–H and O–H groups in total. The van der Waals surface area contributed by atoms with Gasteiger partial charge in [0.1, 0.15) is 0 Å². The largest absolute Gasteiger partial charge is 0.276 e. The molecule has 0 bridgehead atoms. The summed E-state index contributed by atoms with van der Waals surface area (Å²) in [5.41, 5.74) is 6.18. The number of fused-ring (bicyclic) bond motifs is 12. The molecule has 0 aliphatic rings. The number of hydrogen-bond acceptors (Lipinski definition) is 3. The first kappa shape index (κ1) is 26.8. The molecule has 0 atom stereocenters. The van der Waals surface area contributed by atoms with Crippen LogP contribution in [0.3, 0.4) is 0 Å². The van der Waals surface area contributed by atoms with Gasteiger partial charge >= 0.3 is 0 Å². The van der Waals surface area contributed by atoms with Crippen LogP contribution in [-0.4, -0.2) is 14.5 Å². The summed E-state index contributed by atoms with van der Waals surface area (Å²) in [5, 5.41) is 10.1. The van der Waals surface area contributed by atoms with Crippen LogP contribution in [0.1, 0.15) is 19.5 Å². The summed E-state index contributed by atoms with van der Waals surface area (Å²) in [6, 6.07) is 43.4. The van der Waals surface area contributed by atoms with Gasteiger partial charge in [-0.2, -0.15) is 0 Å². The molecule has 0 aliphatic carbocycles. The highest BCUT2D eigenvalue weighted by Crippen LogP contribution is 2.49. The second-order valence-corrected chi connectivity index (χ2v) is 12.7. The van der Waals surface area contributed by atoms with Crippen molar-refractivity contribution < 1.29 is 0 Å². The normalized spacial score (nSPS) is 12.6. The van der Waals surface area contributed by atoms with Crippen LogP contribution in [-0.2, 0) is 0 Å². The van der Waals surface area contributed by atoms with Crippen molar-refractivity contribution in [2.75, 3.05) is 0 Å². The Hall–Kier alpha value is -5.58. The molecular formula is C42H29N3S. The van der Waals surface area contributed by atoms with Crippen molar-refractivity contribution in [3.8, 4) is 17.2 Å². The standard InChI is InChI=1S/C42H29N3S/c1-3-14-26(4-2)33-25-34(28-16-6-5-7-17-28)44-42(43-33)45-35-22-13-12-21-32(35)37-30-19-10-11-20-31(30)39-38-29-18-9-8-15-27(29)23-24-36(38)46-41(39)40(37)45/h3-25H,1-2H3/b14-3-,26-4+. The minimum atomic E-state index is 0.672. The van der Waals surface area contributed by atoms with Gasteiger partial charge < -0.3 is 0 Å². The Morgan fingerprint density at radius 3 is 2.13 bits per heavy atom. The summed E-state index contributed by atoms with van der Waals surface area (Å²) >= 11 is 1.87. The van der Waals surface area contributed by atoms with Crippen LogP contribution in [0.2, 0.25) is 0 Å². The number of para-hydroxylation sites is 1. The van der Waals surface area contributed by atoms with Crippen LogP contribution >= 0.6 is 11.3 Å². The van der Waals surface area contributed by atoms with E-state index in [2.05, 4.69) is 145 Å². The molecule has 0 saturated carbocycles. The third-order valence-corrected chi connectivity index (χ3v) is 10.2. The van der Waals surface area contributed by atoms with Crippen molar-refractivity contribution in [1.82, 2.24) is 14.5 Å². The summed E-state index contributed by atoms with van der Waals surface area (Å²) in [6.45, 7) is 4.11. The summed E-state index contributed by atoms with van der Waals surface area (Å²) in [6.07, 6.45) is 6.31. The van der Waals surface area contributed by atoms with Crippen LogP contribution in [0.25, 0.3) is 86.3 Å². The predicted molar refractivity (Wildman–Crippen MR) is 198 cm³/mol. The number of allylic oxidation sites excluding steroid dienone is 4. The van der Waals surface area contributed by atoms with E-state index < -0.39 is 0 Å². The zero-order valence-electron chi connectivity index (χ0n) is 25.5. The molecule has 218 valence electrons. The minimum absolute atomic E-state index is 0.672. The van der Waals surface area contributed by atoms with E-state index >= 15 is 0 Å². The van der Waals surface area contributed by atoms with Crippen LogP contribution in [0.4, 0.5) is 0 Å². The van der Waals surface area contributed by atoms with E-state index in [9.17, 15) is 0 Å². The molecule has 0 unspecified atom stereocenters. The lowest BCUT2D eigenvalue weighted by Gasteiger charge is -2.13. The molecule has 9 aromatic rings. The molecule has 0 spiro atoms. The zero-order chi connectivity index (χ0) is 30.8. The Bertz CT molecular complexity index is 2710. The van der Waals surface area contributed by atoms with Gasteiger partial charge in [-0.1, -0.05) is 121 Å². The van der Waals surface area contributed by atoms with Crippen LogP contribution in [0.5, 0.6) is 0 Å². The molecular weight excluding hydrogens is 579 g/mol. The maximum atomic E-state index is 5.32. The first-order valence-corrected chi connectivity index (χ1v) is 16.5. The number of nitrogens with zero attached hydrogens (tertiary/aromatic N) is 3. The van der Waals surface area contributed by atoms with Gasteiger partial charge in [-0.05, 0) is 59.2 Å². The fraction of sp³-hybridized carbons (Fsp3) is 0.0476. The molecule has 6 aromatic carbocycles. The predicted octanol–water partition coefficient (Wildman–Crippen LogP) is 11.9. The number of thiophene rings is 1. The van der Waals surface area contributed by atoms with E-state index in [-0.39, 0.29) is 0 Å². The molecule has 4 heteroatoms. The van der Waals surface area contributed by atoms with Gasteiger partial charge in [0.05, 0.1) is 27.1 Å². The van der Waals surface area contributed by atoms with E-state index in [0.717, 1.165) is 33.6 Å². The van der Waals surface area contributed by atoms with Crippen molar-refractivity contribution in [3.05, 3.63) is 145 Å². The Balaban J connectivity index is 1.52. The van der Waals surface area contributed by atoms with Gasteiger partial charge in [0.25, 0.3) is 0 Å². The molecule has 0 radical (unpaired) electrons. The van der Waals surface area contributed by atoms with Crippen molar-refractivity contribution in [1.29, 1.82) is 0 Å². The highest BCUT2D eigenvalue weighted by Gasteiger charge is 2.24. The molecule has 3 nitrogen and oxygen atoms in total. The Morgan fingerprint density at radius 1 is 0.652 bits per heavy atom. The van der Waals surface area contributed by atoms with Crippen LogP contribution < -0.4 is 0 Å². The smallest absolute Gasteiger partial charge is 0.235 e. The lowest BCUT2D eigenvalue weighted by atomic mass is 9.97. The van der Waals surface area contributed by atoms with E-state index in [0.29, 0.717) is 5.95 Å². The maximum Gasteiger partial charge on any atom is 0.235 e. The molecule has 9 rings (SSSR count). The second kappa shape index (κ2) is 10.5. The fourth-order valence-electron chi connectivity index (χ4n) is 7.10. The minimum Gasteiger partial charge on any atom is -0.276 e. The molecule has 0 aliphatic heterocycles. The summed E-state index contributed by atoms with van der Waals surface area (Å²) < 4.78 is 4.86. The second-order valence-electron chi connectivity index (χ2n) is 11.6. The quantitative estimate of drug-likeness (QED) is 0.186. The van der Waals surface area contributed by atoms with Crippen LogP contribution in [0.15, 0.2) is 140 Å². The van der Waals surface area contributed by atoms with Crippen molar-refractivity contribution in [2.24, 2.45) is 0 Å².